The maximum atomic E-state index is 10.1. The lowest BCUT2D eigenvalue weighted by molar-refractivity contribution is -0.124. The molecule has 1 aliphatic rings. The molecule has 1 atom stereocenters. The average molecular weight is 114 g/mol. The lowest BCUT2D eigenvalue weighted by Gasteiger charge is -2.12. The molecule has 0 spiro atoms. The highest BCUT2D eigenvalue weighted by Gasteiger charge is 2.39. The fourth-order valence-corrected chi connectivity index (χ4v) is 0.764. The highest BCUT2D eigenvalue weighted by molar-refractivity contribution is 5.62. The molecule has 8 heavy (non-hydrogen) atoms. The molecular weight excluding hydrogens is 104 g/mol. The monoisotopic (exact) mass is 114 g/mol. The number of carbonyl (C=O) groups is 1. The smallest absolute Gasteiger partial charge is 0.151 e. The van der Waals surface area contributed by atoms with Crippen molar-refractivity contribution in [1.82, 2.24) is 0 Å². The van der Waals surface area contributed by atoms with Crippen LogP contribution in [0.5, 0.6) is 0 Å². The van der Waals surface area contributed by atoms with Gasteiger partial charge in [0.1, 0.15) is 5.60 Å². The minimum Gasteiger partial charge on any atom is -0.382 e. The molecule has 1 N–H and O–H groups in total. The van der Waals surface area contributed by atoms with Crippen LogP contribution < -0.4 is 0 Å². The van der Waals surface area contributed by atoms with Gasteiger partial charge in [0.2, 0.25) is 0 Å². The number of rotatable bonds is 2. The summed E-state index contributed by atoms with van der Waals surface area (Å²) in [6, 6.07) is 0. The standard InChI is InChI=1S/C6H10O2/c1-6(8,4-7)5-2-3-5/h4-5,8H,2-3H2,1H3. The van der Waals surface area contributed by atoms with Gasteiger partial charge in [0.15, 0.2) is 6.29 Å². The number of carbonyl (C=O) groups excluding carboxylic acids is 1. The topological polar surface area (TPSA) is 37.3 Å². The molecule has 0 aromatic carbocycles. The second kappa shape index (κ2) is 1.55. The Labute approximate surface area is 48.5 Å². The van der Waals surface area contributed by atoms with Gasteiger partial charge in [0.25, 0.3) is 0 Å². The van der Waals surface area contributed by atoms with Crippen LogP contribution in [0.15, 0.2) is 0 Å². The summed E-state index contributed by atoms with van der Waals surface area (Å²) in [7, 11) is 0. The van der Waals surface area contributed by atoms with Gasteiger partial charge in [-0.3, -0.25) is 0 Å². The van der Waals surface area contributed by atoms with Crippen LogP contribution in [-0.4, -0.2) is 17.0 Å². The molecule has 0 amide bonds. The van der Waals surface area contributed by atoms with Gasteiger partial charge in [-0.15, -0.1) is 0 Å². The van der Waals surface area contributed by atoms with E-state index in [4.69, 9.17) is 5.11 Å². The molecule has 0 bridgehead atoms. The number of hydrogen-bond acceptors (Lipinski definition) is 2. The van der Waals surface area contributed by atoms with E-state index in [2.05, 4.69) is 0 Å². The number of aldehydes is 1. The first-order valence-corrected chi connectivity index (χ1v) is 2.85. The molecule has 0 saturated heterocycles. The molecule has 2 nitrogen and oxygen atoms in total. The largest absolute Gasteiger partial charge is 0.382 e. The van der Waals surface area contributed by atoms with Gasteiger partial charge in [0, 0.05) is 0 Å². The zero-order chi connectivity index (χ0) is 6.20. The fourth-order valence-electron chi connectivity index (χ4n) is 0.764. The quantitative estimate of drug-likeness (QED) is 0.526. The van der Waals surface area contributed by atoms with Crippen LogP contribution in [0.25, 0.3) is 0 Å². The van der Waals surface area contributed by atoms with Crippen LogP contribution in [0.4, 0.5) is 0 Å². The molecular formula is C6H10O2. The third kappa shape index (κ3) is 0.892. The first-order chi connectivity index (χ1) is 3.67. The van der Waals surface area contributed by atoms with Crippen LogP contribution in [0.3, 0.4) is 0 Å². The van der Waals surface area contributed by atoms with Crippen LogP contribution in [-0.2, 0) is 4.79 Å². The maximum absolute atomic E-state index is 10.1. The Morgan fingerprint density at radius 2 is 2.25 bits per heavy atom. The van der Waals surface area contributed by atoms with Crippen molar-refractivity contribution in [3.05, 3.63) is 0 Å². The van der Waals surface area contributed by atoms with Gasteiger partial charge in [-0.1, -0.05) is 0 Å². The molecule has 0 heterocycles. The molecule has 1 saturated carbocycles. The maximum Gasteiger partial charge on any atom is 0.151 e. The van der Waals surface area contributed by atoms with E-state index in [1.165, 1.54) is 0 Å². The second-order valence-corrected chi connectivity index (χ2v) is 2.62. The first kappa shape index (κ1) is 5.76. The summed E-state index contributed by atoms with van der Waals surface area (Å²) >= 11 is 0. The van der Waals surface area contributed by atoms with Gasteiger partial charge in [0.05, 0.1) is 0 Å². The van der Waals surface area contributed by atoms with E-state index in [0.29, 0.717) is 6.29 Å². The summed E-state index contributed by atoms with van der Waals surface area (Å²) in [4.78, 5) is 10.1. The Morgan fingerprint density at radius 3 is 2.38 bits per heavy atom. The SMILES string of the molecule is CC(O)(C=O)C1CC1. The van der Waals surface area contributed by atoms with E-state index in [1.807, 2.05) is 0 Å². The number of hydrogen-bond donors (Lipinski definition) is 1. The van der Waals surface area contributed by atoms with Gasteiger partial charge in [-0.2, -0.15) is 0 Å². The zero-order valence-electron chi connectivity index (χ0n) is 4.92. The summed E-state index contributed by atoms with van der Waals surface area (Å²) in [5, 5.41) is 9.09. The summed E-state index contributed by atoms with van der Waals surface area (Å²) < 4.78 is 0. The first-order valence-electron chi connectivity index (χ1n) is 2.85. The summed E-state index contributed by atoms with van der Waals surface area (Å²) in [6.45, 7) is 1.57. The molecule has 1 unspecified atom stereocenters. The predicted octanol–water partition coefficient (Wildman–Crippen LogP) is 0.346. The molecule has 0 aromatic heterocycles. The molecule has 1 rings (SSSR count). The minimum atomic E-state index is -1.03. The Bertz CT molecular complexity index is 103. The second-order valence-electron chi connectivity index (χ2n) is 2.62. The normalized spacial score (nSPS) is 26.8. The van der Waals surface area contributed by atoms with Gasteiger partial charge in [-0.25, -0.2) is 0 Å². The highest BCUT2D eigenvalue weighted by atomic mass is 16.3. The summed E-state index contributed by atoms with van der Waals surface area (Å²) in [5.74, 6) is 0.250. The highest BCUT2D eigenvalue weighted by Crippen LogP contribution is 2.37. The van der Waals surface area contributed by atoms with E-state index < -0.39 is 5.60 Å². The Balaban J connectivity index is 2.49. The molecule has 0 radical (unpaired) electrons. The van der Waals surface area contributed by atoms with Crippen LogP contribution in [0.2, 0.25) is 0 Å². The van der Waals surface area contributed by atoms with Crippen LogP contribution in [0, 0.1) is 5.92 Å². The van der Waals surface area contributed by atoms with Gasteiger partial charge >= 0.3 is 0 Å². The number of aliphatic hydroxyl groups is 1. The van der Waals surface area contributed by atoms with Crippen molar-refractivity contribution in [2.24, 2.45) is 5.92 Å². The molecule has 1 aliphatic carbocycles. The molecule has 1 fully saturated rings. The van der Waals surface area contributed by atoms with E-state index in [1.54, 1.807) is 6.92 Å². The minimum absolute atomic E-state index is 0.250. The lowest BCUT2D eigenvalue weighted by Crippen LogP contribution is -2.28. The van der Waals surface area contributed by atoms with E-state index >= 15 is 0 Å². The van der Waals surface area contributed by atoms with Crippen LogP contribution in [0.1, 0.15) is 19.8 Å². The summed E-state index contributed by atoms with van der Waals surface area (Å²) in [6.07, 6.45) is 2.64. The predicted molar refractivity (Wildman–Crippen MR) is 29.4 cm³/mol. The van der Waals surface area contributed by atoms with Crippen molar-refractivity contribution >= 4 is 6.29 Å². The third-order valence-electron chi connectivity index (χ3n) is 1.64. The van der Waals surface area contributed by atoms with Crippen LogP contribution >= 0.6 is 0 Å². The van der Waals surface area contributed by atoms with Crippen molar-refractivity contribution in [2.45, 2.75) is 25.4 Å². The fraction of sp³-hybridized carbons (Fsp3) is 0.833. The van der Waals surface area contributed by atoms with Crippen molar-refractivity contribution in [3.63, 3.8) is 0 Å². The average Bonchev–Trinajstić information content (AvgIpc) is 2.44. The lowest BCUT2D eigenvalue weighted by atomic mass is 10.0. The van der Waals surface area contributed by atoms with Crippen molar-refractivity contribution in [3.8, 4) is 0 Å². The summed E-state index contributed by atoms with van der Waals surface area (Å²) in [5.41, 5.74) is -1.03. The van der Waals surface area contributed by atoms with Gasteiger partial charge in [-0.05, 0) is 25.7 Å². The van der Waals surface area contributed by atoms with E-state index in [-0.39, 0.29) is 5.92 Å². The molecule has 2 heteroatoms. The molecule has 46 valence electrons. The van der Waals surface area contributed by atoms with Crippen molar-refractivity contribution in [1.29, 1.82) is 0 Å². The zero-order valence-corrected chi connectivity index (χ0v) is 4.92. The molecule has 0 aromatic rings. The van der Waals surface area contributed by atoms with E-state index in [0.717, 1.165) is 12.8 Å². The molecule has 0 aliphatic heterocycles. The Morgan fingerprint density at radius 1 is 1.75 bits per heavy atom. The van der Waals surface area contributed by atoms with E-state index in [9.17, 15) is 4.79 Å². The Kier molecular flexibility index (Phi) is 1.12. The Hall–Kier alpha value is -0.370. The van der Waals surface area contributed by atoms with Crippen molar-refractivity contribution in [2.75, 3.05) is 0 Å². The van der Waals surface area contributed by atoms with Gasteiger partial charge < -0.3 is 9.90 Å². The van der Waals surface area contributed by atoms with Crippen molar-refractivity contribution < 1.29 is 9.90 Å². The third-order valence-corrected chi connectivity index (χ3v) is 1.64.